The minimum atomic E-state index is -0.0249. The van der Waals surface area contributed by atoms with E-state index in [0.29, 0.717) is 11.6 Å². The molecule has 1 amide bonds. The molecule has 22 heavy (non-hydrogen) atoms. The van der Waals surface area contributed by atoms with E-state index in [1.165, 1.54) is 5.56 Å². The van der Waals surface area contributed by atoms with Gasteiger partial charge in [-0.3, -0.25) is 9.69 Å². The Kier molecular flexibility index (Phi) is 5.99. The monoisotopic (exact) mass is 316 g/mol. The molecule has 2 rings (SSSR count). The Labute approximate surface area is 136 Å². The molecule has 4 heteroatoms. The first-order valence-electron chi connectivity index (χ1n) is 7.40. The molecule has 0 fully saturated rings. The average molecular weight is 317 g/mol. The molecule has 0 unspecified atom stereocenters. The number of anilines is 1. The standard InChI is InChI=1S/C18H21ClN2O/c1-3-21(12-15-7-5-4-6-8-15)13-18(22)20-17-11-16(19)10-9-14(17)2/h4-11H,3,12-13H2,1-2H3,(H,20,22). The van der Waals surface area contributed by atoms with Gasteiger partial charge in [0, 0.05) is 17.3 Å². The lowest BCUT2D eigenvalue weighted by molar-refractivity contribution is -0.117. The zero-order valence-electron chi connectivity index (χ0n) is 13.0. The van der Waals surface area contributed by atoms with E-state index < -0.39 is 0 Å². The van der Waals surface area contributed by atoms with E-state index in [9.17, 15) is 4.79 Å². The first-order chi connectivity index (χ1) is 10.6. The summed E-state index contributed by atoms with van der Waals surface area (Å²) >= 11 is 5.98. The molecule has 2 aromatic carbocycles. The van der Waals surface area contributed by atoms with Gasteiger partial charge in [-0.15, -0.1) is 0 Å². The Morgan fingerprint density at radius 1 is 1.18 bits per heavy atom. The number of likely N-dealkylation sites (N-methyl/N-ethyl adjacent to an activating group) is 1. The van der Waals surface area contributed by atoms with Crippen molar-refractivity contribution in [2.75, 3.05) is 18.4 Å². The van der Waals surface area contributed by atoms with Crippen LogP contribution in [-0.4, -0.2) is 23.9 Å². The number of carbonyl (C=O) groups excluding carboxylic acids is 1. The van der Waals surface area contributed by atoms with Gasteiger partial charge in [0.2, 0.25) is 5.91 Å². The maximum absolute atomic E-state index is 12.2. The summed E-state index contributed by atoms with van der Waals surface area (Å²) in [5, 5.41) is 3.56. The lowest BCUT2D eigenvalue weighted by atomic mass is 10.2. The molecular weight excluding hydrogens is 296 g/mol. The highest BCUT2D eigenvalue weighted by Crippen LogP contribution is 2.20. The molecule has 0 aliphatic heterocycles. The van der Waals surface area contributed by atoms with Crippen molar-refractivity contribution in [3.63, 3.8) is 0 Å². The zero-order chi connectivity index (χ0) is 15.9. The van der Waals surface area contributed by atoms with Gasteiger partial charge in [-0.2, -0.15) is 0 Å². The van der Waals surface area contributed by atoms with Gasteiger partial charge in [0.05, 0.1) is 6.54 Å². The second-order valence-corrected chi connectivity index (χ2v) is 5.73. The van der Waals surface area contributed by atoms with Crippen LogP contribution in [0.1, 0.15) is 18.1 Å². The fourth-order valence-corrected chi connectivity index (χ4v) is 2.41. The molecule has 3 nitrogen and oxygen atoms in total. The Morgan fingerprint density at radius 2 is 1.91 bits per heavy atom. The number of rotatable bonds is 6. The predicted molar refractivity (Wildman–Crippen MR) is 92.2 cm³/mol. The van der Waals surface area contributed by atoms with E-state index in [-0.39, 0.29) is 5.91 Å². The fourth-order valence-electron chi connectivity index (χ4n) is 2.24. The molecule has 116 valence electrons. The number of carbonyl (C=O) groups is 1. The van der Waals surface area contributed by atoms with Crippen molar-refractivity contribution in [2.24, 2.45) is 0 Å². The van der Waals surface area contributed by atoms with Gasteiger partial charge in [0.15, 0.2) is 0 Å². The van der Waals surface area contributed by atoms with Crippen LogP contribution in [0.3, 0.4) is 0 Å². The van der Waals surface area contributed by atoms with Gasteiger partial charge in [0.1, 0.15) is 0 Å². The largest absolute Gasteiger partial charge is 0.325 e. The van der Waals surface area contributed by atoms with Gasteiger partial charge >= 0.3 is 0 Å². The molecule has 0 aliphatic carbocycles. The second kappa shape index (κ2) is 7.97. The van der Waals surface area contributed by atoms with Crippen molar-refractivity contribution in [2.45, 2.75) is 20.4 Å². The summed E-state index contributed by atoms with van der Waals surface area (Å²) in [5.41, 5.74) is 2.98. The molecule has 0 saturated heterocycles. The highest BCUT2D eigenvalue weighted by atomic mass is 35.5. The normalized spacial score (nSPS) is 10.7. The summed E-state index contributed by atoms with van der Waals surface area (Å²) in [6.07, 6.45) is 0. The molecule has 0 atom stereocenters. The van der Waals surface area contributed by atoms with Crippen LogP contribution in [-0.2, 0) is 11.3 Å². The first-order valence-corrected chi connectivity index (χ1v) is 7.78. The molecule has 0 heterocycles. The lowest BCUT2D eigenvalue weighted by Crippen LogP contribution is -2.32. The van der Waals surface area contributed by atoms with E-state index in [0.717, 1.165) is 24.3 Å². The van der Waals surface area contributed by atoms with Crippen LogP contribution in [0.2, 0.25) is 5.02 Å². The molecule has 0 radical (unpaired) electrons. The fraction of sp³-hybridized carbons (Fsp3) is 0.278. The number of amides is 1. The van der Waals surface area contributed by atoms with Crippen LogP contribution in [0.4, 0.5) is 5.69 Å². The third-order valence-corrected chi connectivity index (χ3v) is 3.77. The van der Waals surface area contributed by atoms with Crippen LogP contribution in [0.15, 0.2) is 48.5 Å². The topological polar surface area (TPSA) is 32.3 Å². The summed E-state index contributed by atoms with van der Waals surface area (Å²) in [5.74, 6) is -0.0249. The number of hydrogen-bond donors (Lipinski definition) is 1. The van der Waals surface area contributed by atoms with E-state index in [2.05, 4.69) is 29.3 Å². The molecule has 2 aromatic rings. The minimum absolute atomic E-state index is 0.0249. The highest BCUT2D eigenvalue weighted by Gasteiger charge is 2.11. The first kappa shape index (κ1) is 16.5. The SMILES string of the molecule is CCN(CC(=O)Nc1cc(Cl)ccc1C)Cc1ccccc1. The molecule has 0 saturated carbocycles. The van der Waals surface area contributed by atoms with Crippen LogP contribution < -0.4 is 5.32 Å². The third kappa shape index (κ3) is 4.86. The summed E-state index contributed by atoms with van der Waals surface area (Å²) in [6, 6.07) is 15.7. The maximum Gasteiger partial charge on any atom is 0.238 e. The molecular formula is C18H21ClN2O. The maximum atomic E-state index is 12.2. The van der Waals surface area contributed by atoms with E-state index in [4.69, 9.17) is 11.6 Å². The molecule has 0 spiro atoms. The van der Waals surface area contributed by atoms with E-state index >= 15 is 0 Å². The van der Waals surface area contributed by atoms with Crippen LogP contribution >= 0.6 is 11.6 Å². The zero-order valence-corrected chi connectivity index (χ0v) is 13.7. The summed E-state index contributed by atoms with van der Waals surface area (Å²) < 4.78 is 0. The van der Waals surface area contributed by atoms with Crippen molar-refractivity contribution >= 4 is 23.2 Å². The molecule has 0 aromatic heterocycles. The third-order valence-electron chi connectivity index (χ3n) is 3.54. The molecule has 1 N–H and O–H groups in total. The second-order valence-electron chi connectivity index (χ2n) is 5.30. The number of benzene rings is 2. The van der Waals surface area contributed by atoms with Crippen LogP contribution in [0, 0.1) is 6.92 Å². The van der Waals surface area contributed by atoms with Crippen molar-refractivity contribution in [3.8, 4) is 0 Å². The highest BCUT2D eigenvalue weighted by molar-refractivity contribution is 6.31. The minimum Gasteiger partial charge on any atom is -0.325 e. The smallest absolute Gasteiger partial charge is 0.238 e. The average Bonchev–Trinajstić information content (AvgIpc) is 2.51. The van der Waals surface area contributed by atoms with Crippen molar-refractivity contribution in [3.05, 3.63) is 64.7 Å². The number of hydrogen-bond acceptors (Lipinski definition) is 2. The Morgan fingerprint density at radius 3 is 2.59 bits per heavy atom. The number of nitrogens with one attached hydrogen (secondary N) is 1. The van der Waals surface area contributed by atoms with Gasteiger partial charge < -0.3 is 5.32 Å². The van der Waals surface area contributed by atoms with Crippen molar-refractivity contribution in [1.29, 1.82) is 0 Å². The van der Waals surface area contributed by atoms with E-state index in [1.807, 2.05) is 37.3 Å². The van der Waals surface area contributed by atoms with E-state index in [1.54, 1.807) is 6.07 Å². The van der Waals surface area contributed by atoms with Crippen LogP contribution in [0.5, 0.6) is 0 Å². The Bertz CT molecular complexity index is 628. The van der Waals surface area contributed by atoms with Crippen molar-refractivity contribution in [1.82, 2.24) is 4.90 Å². The lowest BCUT2D eigenvalue weighted by Gasteiger charge is -2.20. The summed E-state index contributed by atoms with van der Waals surface area (Å²) in [7, 11) is 0. The summed E-state index contributed by atoms with van der Waals surface area (Å²) in [6.45, 7) is 5.95. The van der Waals surface area contributed by atoms with Gasteiger partial charge in [0.25, 0.3) is 0 Å². The van der Waals surface area contributed by atoms with Gasteiger partial charge in [-0.05, 0) is 36.7 Å². The molecule has 0 aliphatic rings. The van der Waals surface area contributed by atoms with Crippen LogP contribution in [0.25, 0.3) is 0 Å². The number of halogens is 1. The quantitative estimate of drug-likeness (QED) is 0.870. The van der Waals surface area contributed by atoms with Gasteiger partial charge in [-0.25, -0.2) is 0 Å². The number of nitrogens with zero attached hydrogens (tertiary/aromatic N) is 1. The molecule has 0 bridgehead atoms. The number of aryl methyl sites for hydroxylation is 1. The van der Waals surface area contributed by atoms with Gasteiger partial charge in [-0.1, -0.05) is 54.9 Å². The predicted octanol–water partition coefficient (Wildman–Crippen LogP) is 4.11. The Hall–Kier alpha value is -1.84. The Balaban J connectivity index is 1.96. The summed E-state index contributed by atoms with van der Waals surface area (Å²) in [4.78, 5) is 14.3. The van der Waals surface area contributed by atoms with Crippen molar-refractivity contribution < 1.29 is 4.79 Å².